The zero-order valence-electron chi connectivity index (χ0n) is 10.8. The van der Waals surface area contributed by atoms with E-state index in [1.807, 2.05) is 0 Å². The summed E-state index contributed by atoms with van der Waals surface area (Å²) < 4.78 is 37.4. The van der Waals surface area contributed by atoms with E-state index in [1.54, 1.807) is 0 Å². The first-order valence-corrected chi connectivity index (χ1v) is 7.25. The Morgan fingerprint density at radius 2 is 1.86 bits per heavy atom. The van der Waals surface area contributed by atoms with Crippen LogP contribution in [0.4, 0.5) is 13.2 Å². The number of hydrogen-bond acceptors (Lipinski definition) is 3. The molecule has 0 radical (unpaired) electrons. The van der Waals surface area contributed by atoms with Crippen LogP contribution >= 0.6 is 11.8 Å². The number of nitrogens with zero attached hydrogens (tertiary/aromatic N) is 1. The van der Waals surface area contributed by atoms with Gasteiger partial charge in [0.15, 0.2) is 0 Å². The highest BCUT2D eigenvalue weighted by Crippen LogP contribution is 2.29. The van der Waals surface area contributed by atoms with Gasteiger partial charge in [-0.05, 0) is 24.3 Å². The van der Waals surface area contributed by atoms with Crippen LogP contribution in [0.3, 0.4) is 0 Å². The Bertz CT molecular complexity index is 545. The van der Waals surface area contributed by atoms with E-state index in [2.05, 4.69) is 0 Å². The number of amides is 1. The maximum atomic E-state index is 12.5. The van der Waals surface area contributed by atoms with Crippen molar-refractivity contribution in [2.75, 3.05) is 18.1 Å². The van der Waals surface area contributed by atoms with E-state index in [-0.39, 0.29) is 17.9 Å². The molecule has 1 N–H and O–H groups in total. The number of hydrogen-bond donors (Lipinski definition) is 1. The molecule has 8 heteroatoms. The average Bonchev–Trinajstić information content (AvgIpc) is 2.45. The van der Waals surface area contributed by atoms with Crippen molar-refractivity contribution >= 4 is 23.6 Å². The molecule has 0 spiro atoms. The fourth-order valence-electron chi connectivity index (χ4n) is 2.02. The van der Waals surface area contributed by atoms with Gasteiger partial charge in [0, 0.05) is 23.6 Å². The molecule has 1 amide bonds. The summed E-state index contributed by atoms with van der Waals surface area (Å²) in [6.07, 6.45) is -4.47. The maximum Gasteiger partial charge on any atom is 0.416 e. The average molecular weight is 319 g/mol. The van der Waals surface area contributed by atoms with Gasteiger partial charge in [0.05, 0.1) is 5.56 Å². The second kappa shape index (κ2) is 5.97. The van der Waals surface area contributed by atoms with Gasteiger partial charge in [-0.1, -0.05) is 0 Å². The van der Waals surface area contributed by atoms with Crippen LogP contribution in [0.5, 0.6) is 0 Å². The van der Waals surface area contributed by atoms with Crippen molar-refractivity contribution in [1.82, 2.24) is 4.90 Å². The van der Waals surface area contributed by atoms with Crippen LogP contribution in [0, 0.1) is 0 Å². The number of halogens is 3. The minimum Gasteiger partial charge on any atom is -0.480 e. The van der Waals surface area contributed by atoms with Crippen LogP contribution < -0.4 is 0 Å². The standard InChI is InChI=1S/C13H12F3NO3S/c14-13(15,16)9-3-1-8(2-4-9)11(18)17-5-6-21-7-10(17)12(19)20/h1-4,10H,5-7H2,(H,19,20). The third-order valence-electron chi connectivity index (χ3n) is 3.13. The molecule has 0 aromatic heterocycles. The molecule has 0 saturated carbocycles. The van der Waals surface area contributed by atoms with Crippen molar-refractivity contribution in [3.05, 3.63) is 35.4 Å². The number of aliphatic carboxylic acids is 1. The number of carbonyl (C=O) groups is 2. The van der Waals surface area contributed by atoms with Gasteiger partial charge < -0.3 is 10.0 Å². The zero-order valence-corrected chi connectivity index (χ0v) is 11.6. The summed E-state index contributed by atoms with van der Waals surface area (Å²) in [6, 6.07) is 2.85. The molecular weight excluding hydrogens is 307 g/mol. The lowest BCUT2D eigenvalue weighted by atomic mass is 10.1. The number of benzene rings is 1. The lowest BCUT2D eigenvalue weighted by Gasteiger charge is -2.32. The topological polar surface area (TPSA) is 57.6 Å². The minimum atomic E-state index is -4.47. The van der Waals surface area contributed by atoms with Crippen LogP contribution in [0.1, 0.15) is 15.9 Å². The van der Waals surface area contributed by atoms with Gasteiger partial charge in [-0.15, -0.1) is 0 Å². The Hall–Kier alpha value is -1.70. The van der Waals surface area contributed by atoms with Crippen molar-refractivity contribution in [2.45, 2.75) is 12.2 Å². The number of carbonyl (C=O) groups excluding carboxylic acids is 1. The summed E-state index contributed by atoms with van der Waals surface area (Å²) in [6.45, 7) is 0.265. The molecule has 0 bridgehead atoms. The molecule has 1 saturated heterocycles. The molecular formula is C13H12F3NO3S. The molecule has 0 aliphatic carbocycles. The Labute approximate surface area is 122 Å². The first-order valence-electron chi connectivity index (χ1n) is 6.09. The Balaban J connectivity index is 2.20. The van der Waals surface area contributed by atoms with Crippen molar-refractivity contribution in [2.24, 2.45) is 0 Å². The van der Waals surface area contributed by atoms with Crippen LogP contribution in [0.15, 0.2) is 24.3 Å². The van der Waals surface area contributed by atoms with E-state index in [0.717, 1.165) is 24.3 Å². The van der Waals surface area contributed by atoms with E-state index in [9.17, 15) is 22.8 Å². The first kappa shape index (κ1) is 15.7. The van der Waals surface area contributed by atoms with Gasteiger partial charge in [-0.3, -0.25) is 4.79 Å². The Morgan fingerprint density at radius 3 is 2.38 bits per heavy atom. The highest BCUT2D eigenvalue weighted by molar-refractivity contribution is 7.99. The molecule has 21 heavy (non-hydrogen) atoms. The van der Waals surface area contributed by atoms with Crippen LogP contribution in [-0.2, 0) is 11.0 Å². The van der Waals surface area contributed by atoms with E-state index >= 15 is 0 Å². The minimum absolute atomic E-state index is 0.0566. The van der Waals surface area contributed by atoms with Gasteiger partial charge in [-0.25, -0.2) is 4.79 Å². The number of thioether (sulfide) groups is 1. The van der Waals surface area contributed by atoms with Crippen molar-refractivity contribution in [3.63, 3.8) is 0 Å². The monoisotopic (exact) mass is 319 g/mol. The quantitative estimate of drug-likeness (QED) is 0.909. The van der Waals surface area contributed by atoms with E-state index in [0.29, 0.717) is 5.75 Å². The van der Waals surface area contributed by atoms with Gasteiger partial charge in [-0.2, -0.15) is 24.9 Å². The van der Waals surface area contributed by atoms with Crippen molar-refractivity contribution in [1.29, 1.82) is 0 Å². The number of alkyl halides is 3. The third-order valence-corrected chi connectivity index (χ3v) is 4.16. The fourth-order valence-corrected chi connectivity index (χ4v) is 3.06. The summed E-state index contributed by atoms with van der Waals surface area (Å²) in [7, 11) is 0. The van der Waals surface area contributed by atoms with Gasteiger partial charge in [0.1, 0.15) is 6.04 Å². The van der Waals surface area contributed by atoms with E-state index < -0.39 is 29.7 Å². The lowest BCUT2D eigenvalue weighted by molar-refractivity contribution is -0.141. The normalized spacial score (nSPS) is 19.4. The highest BCUT2D eigenvalue weighted by atomic mass is 32.2. The van der Waals surface area contributed by atoms with E-state index in [4.69, 9.17) is 5.11 Å². The smallest absolute Gasteiger partial charge is 0.416 e. The van der Waals surface area contributed by atoms with Gasteiger partial charge >= 0.3 is 12.1 Å². The number of rotatable bonds is 2. The van der Waals surface area contributed by atoms with Crippen LogP contribution in [0.25, 0.3) is 0 Å². The summed E-state index contributed by atoms with van der Waals surface area (Å²) in [4.78, 5) is 24.6. The lowest BCUT2D eigenvalue weighted by Crippen LogP contribution is -2.50. The zero-order chi connectivity index (χ0) is 15.6. The molecule has 1 aliphatic heterocycles. The summed E-state index contributed by atoms with van der Waals surface area (Å²) in [5.74, 6) is -0.781. The third kappa shape index (κ3) is 3.49. The molecule has 1 heterocycles. The molecule has 1 aromatic carbocycles. The molecule has 2 rings (SSSR count). The fraction of sp³-hybridized carbons (Fsp3) is 0.385. The van der Waals surface area contributed by atoms with Gasteiger partial charge in [0.25, 0.3) is 5.91 Å². The second-order valence-electron chi connectivity index (χ2n) is 4.50. The van der Waals surface area contributed by atoms with E-state index in [1.165, 1.54) is 16.7 Å². The number of carboxylic acids is 1. The van der Waals surface area contributed by atoms with Crippen LogP contribution in [0.2, 0.25) is 0 Å². The van der Waals surface area contributed by atoms with Crippen molar-refractivity contribution in [3.8, 4) is 0 Å². The largest absolute Gasteiger partial charge is 0.480 e. The Morgan fingerprint density at radius 1 is 1.24 bits per heavy atom. The second-order valence-corrected chi connectivity index (χ2v) is 5.65. The highest BCUT2D eigenvalue weighted by Gasteiger charge is 2.34. The molecule has 1 fully saturated rings. The SMILES string of the molecule is O=C(O)C1CSCCN1C(=O)c1ccc(C(F)(F)F)cc1. The molecule has 1 aliphatic rings. The summed E-state index contributed by atoms with van der Waals surface area (Å²) >= 11 is 1.43. The summed E-state index contributed by atoms with van der Waals surface area (Å²) in [5, 5.41) is 9.10. The molecule has 1 atom stereocenters. The van der Waals surface area contributed by atoms with Crippen LogP contribution in [-0.4, -0.2) is 46.0 Å². The number of carboxylic acid groups (broad SMARTS) is 1. The molecule has 1 unspecified atom stereocenters. The Kier molecular flexibility index (Phi) is 4.46. The molecule has 1 aromatic rings. The first-order chi connectivity index (χ1) is 9.80. The maximum absolute atomic E-state index is 12.5. The predicted molar refractivity (Wildman–Crippen MR) is 71.2 cm³/mol. The van der Waals surface area contributed by atoms with Gasteiger partial charge in [0.2, 0.25) is 0 Å². The molecule has 4 nitrogen and oxygen atoms in total. The summed E-state index contributed by atoms with van der Waals surface area (Å²) in [5.41, 5.74) is -0.788. The molecule has 114 valence electrons. The van der Waals surface area contributed by atoms with Crippen molar-refractivity contribution < 1.29 is 27.9 Å². The predicted octanol–water partition coefficient (Wildman–Crippen LogP) is 2.35.